The molecule has 0 bridgehead atoms. The molecule has 2 heterocycles. The number of aryl methyl sites for hydroxylation is 1. The van der Waals surface area contributed by atoms with Crippen molar-refractivity contribution < 1.29 is 9.30 Å². The average Bonchev–Trinajstić information content (AvgIpc) is 2.87. The van der Waals surface area contributed by atoms with Crippen molar-refractivity contribution in [2.45, 2.75) is 38.6 Å². The Balaban J connectivity index is 1.57. The molecule has 0 N–H and O–H groups in total. The van der Waals surface area contributed by atoms with Gasteiger partial charge in [0, 0.05) is 54.6 Å². The minimum atomic E-state index is -2.43. The summed E-state index contributed by atoms with van der Waals surface area (Å²) in [7, 11) is 3.60. The predicted octanol–water partition coefficient (Wildman–Crippen LogP) is 5.41. The standard InChI is InChI=1S/C29H38ClN4O2P/c1-20-29(30)25(17-22-9-7-8-10-27(22)37(5,6)35)32-28(31-20)18-21-11-12-24(19-26(21)36-4)34-15-13-23(14-16-34)33(2)3/h7-12,19,23H,13-18H2,1-6H3. The summed E-state index contributed by atoms with van der Waals surface area (Å²) in [5, 5.41) is 1.43. The molecule has 0 spiro atoms. The highest BCUT2D eigenvalue weighted by atomic mass is 35.5. The molecule has 198 valence electrons. The Morgan fingerprint density at radius 1 is 1.05 bits per heavy atom. The van der Waals surface area contributed by atoms with Crippen molar-refractivity contribution in [3.05, 3.63) is 75.8 Å². The zero-order chi connectivity index (χ0) is 26.7. The van der Waals surface area contributed by atoms with Crippen LogP contribution in [-0.2, 0) is 17.4 Å². The Morgan fingerprint density at radius 3 is 2.41 bits per heavy atom. The van der Waals surface area contributed by atoms with Crippen molar-refractivity contribution >= 4 is 29.7 Å². The maximum absolute atomic E-state index is 12.9. The van der Waals surface area contributed by atoms with Crippen LogP contribution in [-0.4, -0.2) is 68.5 Å². The van der Waals surface area contributed by atoms with Crippen LogP contribution < -0.4 is 14.9 Å². The van der Waals surface area contributed by atoms with E-state index in [4.69, 9.17) is 21.3 Å². The fraction of sp³-hybridized carbons (Fsp3) is 0.448. The van der Waals surface area contributed by atoms with Gasteiger partial charge in [0.15, 0.2) is 0 Å². The smallest absolute Gasteiger partial charge is 0.133 e. The van der Waals surface area contributed by atoms with Gasteiger partial charge < -0.3 is 19.1 Å². The Hall–Kier alpha value is -2.40. The third kappa shape index (κ3) is 6.54. The quantitative estimate of drug-likeness (QED) is 0.356. The zero-order valence-electron chi connectivity index (χ0n) is 22.8. The number of benzene rings is 2. The SMILES string of the molecule is COc1cc(N2CCC(N(C)C)CC2)ccc1Cc1nc(C)c(Cl)c(Cc2ccccc2P(C)(C)=O)n1. The molecule has 0 amide bonds. The van der Waals surface area contributed by atoms with Crippen LogP contribution >= 0.6 is 18.7 Å². The third-order valence-corrected chi connectivity index (χ3v) is 9.33. The van der Waals surface area contributed by atoms with Gasteiger partial charge in [-0.2, -0.15) is 0 Å². The molecule has 1 aromatic heterocycles. The lowest BCUT2D eigenvalue weighted by Crippen LogP contribution is -2.41. The maximum atomic E-state index is 12.9. The van der Waals surface area contributed by atoms with Gasteiger partial charge >= 0.3 is 0 Å². The molecule has 1 saturated heterocycles. The van der Waals surface area contributed by atoms with Crippen LogP contribution in [0.25, 0.3) is 0 Å². The summed E-state index contributed by atoms with van der Waals surface area (Å²) in [6.07, 6.45) is 3.37. The molecule has 0 radical (unpaired) electrons. The topological polar surface area (TPSA) is 58.6 Å². The van der Waals surface area contributed by atoms with Crippen LogP contribution in [0.3, 0.4) is 0 Å². The molecule has 1 aliphatic rings. The molecule has 0 atom stereocenters. The second-order valence-electron chi connectivity index (χ2n) is 10.5. The number of piperidine rings is 1. The van der Waals surface area contributed by atoms with Crippen molar-refractivity contribution in [2.24, 2.45) is 0 Å². The molecule has 3 aromatic rings. The number of aromatic nitrogens is 2. The van der Waals surface area contributed by atoms with E-state index in [1.807, 2.05) is 31.2 Å². The maximum Gasteiger partial charge on any atom is 0.133 e. The van der Waals surface area contributed by atoms with Crippen LogP contribution in [0.4, 0.5) is 5.69 Å². The number of hydrogen-bond donors (Lipinski definition) is 0. The van der Waals surface area contributed by atoms with Gasteiger partial charge in [-0.3, -0.25) is 0 Å². The van der Waals surface area contributed by atoms with E-state index in [0.29, 0.717) is 29.7 Å². The van der Waals surface area contributed by atoms with Gasteiger partial charge in [0.25, 0.3) is 0 Å². The van der Waals surface area contributed by atoms with Crippen molar-refractivity contribution in [1.29, 1.82) is 0 Å². The molecule has 37 heavy (non-hydrogen) atoms. The number of hydrogen-bond acceptors (Lipinski definition) is 6. The molecule has 1 fully saturated rings. The first kappa shape index (κ1) is 27.6. The first-order valence-electron chi connectivity index (χ1n) is 12.8. The first-order chi connectivity index (χ1) is 17.6. The number of methoxy groups -OCH3 is 1. The van der Waals surface area contributed by atoms with Crippen molar-refractivity contribution in [3.63, 3.8) is 0 Å². The summed E-state index contributed by atoms with van der Waals surface area (Å²) in [5.74, 6) is 1.54. The highest BCUT2D eigenvalue weighted by Crippen LogP contribution is 2.37. The summed E-state index contributed by atoms with van der Waals surface area (Å²) in [6.45, 7) is 7.58. The molecule has 8 heteroatoms. The van der Waals surface area contributed by atoms with E-state index in [1.54, 1.807) is 20.4 Å². The lowest BCUT2D eigenvalue weighted by molar-refractivity contribution is 0.249. The lowest BCUT2D eigenvalue weighted by Gasteiger charge is -2.36. The fourth-order valence-electron chi connectivity index (χ4n) is 5.13. The van der Waals surface area contributed by atoms with E-state index >= 15 is 0 Å². The largest absolute Gasteiger partial charge is 0.496 e. The Labute approximate surface area is 226 Å². The van der Waals surface area contributed by atoms with Crippen LogP contribution in [0, 0.1) is 6.92 Å². The van der Waals surface area contributed by atoms with Crippen LogP contribution in [0.1, 0.15) is 41.2 Å². The van der Waals surface area contributed by atoms with Crippen LogP contribution in [0.15, 0.2) is 42.5 Å². The van der Waals surface area contributed by atoms with Gasteiger partial charge in [0.2, 0.25) is 0 Å². The van der Waals surface area contributed by atoms with Crippen LogP contribution in [0.5, 0.6) is 5.75 Å². The van der Waals surface area contributed by atoms with Crippen molar-refractivity contribution in [2.75, 3.05) is 52.5 Å². The number of nitrogens with zero attached hydrogens (tertiary/aromatic N) is 4. The van der Waals surface area contributed by atoms with Gasteiger partial charge in [-0.05, 0) is 58.8 Å². The molecular weight excluding hydrogens is 503 g/mol. The summed E-state index contributed by atoms with van der Waals surface area (Å²) in [6, 6.07) is 14.9. The Bertz CT molecular complexity index is 1300. The highest BCUT2D eigenvalue weighted by molar-refractivity contribution is 7.70. The van der Waals surface area contributed by atoms with E-state index < -0.39 is 7.14 Å². The van der Waals surface area contributed by atoms with Crippen molar-refractivity contribution in [3.8, 4) is 5.75 Å². The zero-order valence-corrected chi connectivity index (χ0v) is 24.4. The van der Waals surface area contributed by atoms with E-state index in [-0.39, 0.29) is 0 Å². The highest BCUT2D eigenvalue weighted by Gasteiger charge is 2.22. The van der Waals surface area contributed by atoms with E-state index in [2.05, 4.69) is 47.1 Å². The normalized spacial score (nSPS) is 14.9. The summed E-state index contributed by atoms with van der Waals surface area (Å²) in [5.41, 5.74) is 4.71. The van der Waals surface area contributed by atoms with E-state index in [0.717, 1.165) is 59.5 Å². The predicted molar refractivity (Wildman–Crippen MR) is 155 cm³/mol. The number of anilines is 1. The second-order valence-corrected chi connectivity index (χ2v) is 14.1. The fourth-order valence-corrected chi connectivity index (χ4v) is 6.57. The summed E-state index contributed by atoms with van der Waals surface area (Å²) >= 11 is 6.65. The van der Waals surface area contributed by atoms with Gasteiger partial charge in [0.1, 0.15) is 18.7 Å². The summed E-state index contributed by atoms with van der Waals surface area (Å²) < 4.78 is 18.7. The van der Waals surface area contributed by atoms with Gasteiger partial charge in [-0.15, -0.1) is 0 Å². The van der Waals surface area contributed by atoms with E-state index in [1.165, 1.54) is 5.69 Å². The van der Waals surface area contributed by atoms with Gasteiger partial charge in [-0.1, -0.05) is 41.9 Å². The minimum absolute atomic E-state index is 0.510. The van der Waals surface area contributed by atoms with E-state index in [9.17, 15) is 4.57 Å². The number of rotatable bonds is 8. The molecule has 0 saturated carbocycles. The molecule has 6 nitrogen and oxygen atoms in total. The first-order valence-corrected chi connectivity index (χ1v) is 15.8. The Morgan fingerprint density at radius 2 is 1.76 bits per heavy atom. The van der Waals surface area contributed by atoms with Gasteiger partial charge in [-0.25, -0.2) is 9.97 Å². The molecule has 4 rings (SSSR count). The number of ether oxygens (including phenoxy) is 1. The summed E-state index contributed by atoms with van der Waals surface area (Å²) in [4.78, 5) is 14.3. The minimum Gasteiger partial charge on any atom is -0.496 e. The monoisotopic (exact) mass is 540 g/mol. The van der Waals surface area contributed by atoms with Crippen LogP contribution in [0.2, 0.25) is 5.02 Å². The average molecular weight is 541 g/mol. The second kappa shape index (κ2) is 11.6. The van der Waals surface area contributed by atoms with Crippen molar-refractivity contribution in [1.82, 2.24) is 14.9 Å². The molecule has 0 aliphatic carbocycles. The molecule has 0 unspecified atom stereocenters. The molecule has 2 aromatic carbocycles. The third-order valence-electron chi connectivity index (χ3n) is 7.24. The lowest BCUT2D eigenvalue weighted by atomic mass is 10.0. The molecule has 1 aliphatic heterocycles. The van der Waals surface area contributed by atoms with Gasteiger partial charge in [0.05, 0.1) is 23.5 Å². The number of halogens is 1. The Kier molecular flexibility index (Phi) is 8.63. The molecular formula is C29H38ClN4O2P.